The number of rotatable bonds is 7. The van der Waals surface area contributed by atoms with E-state index in [4.69, 9.17) is 4.74 Å². The molecule has 0 saturated heterocycles. The molecule has 0 aliphatic carbocycles. The van der Waals surface area contributed by atoms with Crippen LogP contribution >= 0.6 is 31.9 Å². The maximum Gasteiger partial charge on any atom is 0.224 e. The summed E-state index contributed by atoms with van der Waals surface area (Å²) in [5.74, 6) is 0.812. The Kier molecular flexibility index (Phi) is 7.12. The van der Waals surface area contributed by atoms with Crippen molar-refractivity contribution in [3.8, 4) is 5.75 Å². The fourth-order valence-corrected chi connectivity index (χ4v) is 2.86. The number of carbonyl (C=O) groups is 1. The van der Waals surface area contributed by atoms with E-state index in [1.165, 1.54) is 5.56 Å². The van der Waals surface area contributed by atoms with Crippen LogP contribution in [-0.4, -0.2) is 12.5 Å². The number of hydrogen-bond acceptors (Lipinski definition) is 2. The number of aryl methyl sites for hydroxylation is 1. The summed E-state index contributed by atoms with van der Waals surface area (Å²) in [5.41, 5.74) is 2.06. The second kappa shape index (κ2) is 9.08. The van der Waals surface area contributed by atoms with Gasteiger partial charge in [-0.05, 0) is 70.7 Å². The Labute approximate surface area is 153 Å². The molecule has 23 heavy (non-hydrogen) atoms. The first-order valence-electron chi connectivity index (χ1n) is 7.55. The van der Waals surface area contributed by atoms with Crippen molar-refractivity contribution < 1.29 is 9.53 Å². The normalized spacial score (nSPS) is 10.4. The molecular formula is C18H19Br2NO2. The summed E-state index contributed by atoms with van der Waals surface area (Å²) in [6, 6.07) is 13.6. The molecule has 1 amide bonds. The Balaban J connectivity index is 1.72. The van der Waals surface area contributed by atoms with Crippen molar-refractivity contribution >= 4 is 43.5 Å². The number of anilines is 1. The van der Waals surface area contributed by atoms with Gasteiger partial charge in [0.2, 0.25) is 5.91 Å². The highest BCUT2D eigenvalue weighted by Crippen LogP contribution is 2.26. The lowest BCUT2D eigenvalue weighted by atomic mass is 10.2. The number of ether oxygens (including phenoxy) is 1. The molecule has 0 spiro atoms. The van der Waals surface area contributed by atoms with Crippen LogP contribution in [0.4, 0.5) is 5.69 Å². The first-order chi connectivity index (χ1) is 11.1. The van der Waals surface area contributed by atoms with E-state index in [2.05, 4.69) is 56.2 Å². The number of carbonyl (C=O) groups excluding carboxylic acids is 1. The molecule has 0 radical (unpaired) electrons. The van der Waals surface area contributed by atoms with Gasteiger partial charge in [-0.25, -0.2) is 0 Å². The molecule has 0 saturated carbocycles. The molecule has 5 heteroatoms. The lowest BCUT2D eigenvalue weighted by Crippen LogP contribution is -2.12. The van der Waals surface area contributed by atoms with Crippen molar-refractivity contribution in [1.29, 1.82) is 0 Å². The van der Waals surface area contributed by atoms with Crippen molar-refractivity contribution in [1.82, 2.24) is 0 Å². The molecule has 3 nitrogen and oxygen atoms in total. The summed E-state index contributed by atoms with van der Waals surface area (Å²) < 4.78 is 7.66. The fraction of sp³-hybridized carbons (Fsp3) is 0.278. The SMILES string of the molecule is CCc1ccc(OCCCC(=O)Nc2ccc(Br)cc2)c(Br)c1. The summed E-state index contributed by atoms with van der Waals surface area (Å²) in [5, 5.41) is 2.87. The van der Waals surface area contributed by atoms with Crippen LogP contribution in [0.5, 0.6) is 5.75 Å². The minimum Gasteiger partial charge on any atom is -0.492 e. The van der Waals surface area contributed by atoms with Crippen molar-refractivity contribution in [3.63, 3.8) is 0 Å². The number of hydrogen-bond donors (Lipinski definition) is 1. The molecule has 0 fully saturated rings. The van der Waals surface area contributed by atoms with E-state index in [0.29, 0.717) is 19.4 Å². The standard InChI is InChI=1S/C18H19Br2NO2/c1-2-13-5-10-17(16(20)12-13)23-11-3-4-18(22)21-15-8-6-14(19)7-9-15/h5-10,12H,2-4,11H2,1H3,(H,21,22). The van der Waals surface area contributed by atoms with E-state index in [9.17, 15) is 4.79 Å². The van der Waals surface area contributed by atoms with Crippen LogP contribution in [-0.2, 0) is 11.2 Å². The molecule has 0 atom stereocenters. The zero-order chi connectivity index (χ0) is 16.7. The molecule has 2 rings (SSSR count). The average molecular weight is 441 g/mol. The van der Waals surface area contributed by atoms with Gasteiger partial charge in [0.25, 0.3) is 0 Å². The lowest BCUT2D eigenvalue weighted by Gasteiger charge is -2.09. The van der Waals surface area contributed by atoms with Gasteiger partial charge >= 0.3 is 0 Å². The Morgan fingerprint density at radius 2 is 1.87 bits per heavy atom. The summed E-state index contributed by atoms with van der Waals surface area (Å²) >= 11 is 6.88. The monoisotopic (exact) mass is 439 g/mol. The highest BCUT2D eigenvalue weighted by Gasteiger charge is 2.05. The number of nitrogens with one attached hydrogen (secondary N) is 1. The van der Waals surface area contributed by atoms with Crippen LogP contribution in [0.2, 0.25) is 0 Å². The molecule has 2 aromatic rings. The van der Waals surface area contributed by atoms with Gasteiger partial charge in [-0.3, -0.25) is 4.79 Å². The largest absolute Gasteiger partial charge is 0.492 e. The molecule has 0 aromatic heterocycles. The molecular weight excluding hydrogens is 422 g/mol. The van der Waals surface area contributed by atoms with Crippen LogP contribution in [0, 0.1) is 0 Å². The Morgan fingerprint density at radius 1 is 1.13 bits per heavy atom. The van der Waals surface area contributed by atoms with Gasteiger partial charge in [-0.1, -0.05) is 28.9 Å². The minimum atomic E-state index is -0.00341. The number of amides is 1. The van der Waals surface area contributed by atoms with Crippen molar-refractivity contribution in [2.75, 3.05) is 11.9 Å². The highest BCUT2D eigenvalue weighted by molar-refractivity contribution is 9.10. The van der Waals surface area contributed by atoms with E-state index in [1.54, 1.807) is 0 Å². The zero-order valence-corrected chi connectivity index (χ0v) is 16.1. The zero-order valence-electron chi connectivity index (χ0n) is 12.9. The maximum atomic E-state index is 11.9. The Bertz CT molecular complexity index is 657. The molecule has 122 valence electrons. The smallest absolute Gasteiger partial charge is 0.224 e. The van der Waals surface area contributed by atoms with Gasteiger partial charge in [-0.2, -0.15) is 0 Å². The summed E-state index contributed by atoms with van der Waals surface area (Å²) in [4.78, 5) is 11.9. The van der Waals surface area contributed by atoms with Gasteiger partial charge in [0.15, 0.2) is 0 Å². The third-order valence-electron chi connectivity index (χ3n) is 3.34. The Hall–Kier alpha value is -1.33. The summed E-state index contributed by atoms with van der Waals surface area (Å²) in [6.07, 6.45) is 2.10. The van der Waals surface area contributed by atoms with E-state index < -0.39 is 0 Å². The van der Waals surface area contributed by atoms with Gasteiger partial charge < -0.3 is 10.1 Å². The average Bonchev–Trinajstić information content (AvgIpc) is 2.55. The minimum absolute atomic E-state index is 0.00341. The predicted molar refractivity (Wildman–Crippen MR) is 101 cm³/mol. The molecule has 1 N–H and O–H groups in total. The fourth-order valence-electron chi connectivity index (χ4n) is 2.05. The van der Waals surface area contributed by atoms with E-state index in [1.807, 2.05) is 30.3 Å². The third-order valence-corrected chi connectivity index (χ3v) is 4.49. The Morgan fingerprint density at radius 3 is 2.52 bits per heavy atom. The summed E-state index contributed by atoms with van der Waals surface area (Å²) in [7, 11) is 0. The second-order valence-electron chi connectivity index (χ2n) is 5.13. The van der Waals surface area contributed by atoms with Gasteiger partial charge in [0.05, 0.1) is 11.1 Å². The van der Waals surface area contributed by atoms with Crippen molar-refractivity contribution in [2.24, 2.45) is 0 Å². The van der Waals surface area contributed by atoms with Crippen molar-refractivity contribution in [2.45, 2.75) is 26.2 Å². The molecule has 2 aromatic carbocycles. The topological polar surface area (TPSA) is 38.3 Å². The highest BCUT2D eigenvalue weighted by atomic mass is 79.9. The van der Waals surface area contributed by atoms with Crippen LogP contribution in [0.15, 0.2) is 51.4 Å². The van der Waals surface area contributed by atoms with Crippen LogP contribution in [0.3, 0.4) is 0 Å². The quantitative estimate of drug-likeness (QED) is 0.571. The van der Waals surface area contributed by atoms with Crippen LogP contribution < -0.4 is 10.1 Å². The van der Waals surface area contributed by atoms with E-state index in [-0.39, 0.29) is 5.91 Å². The summed E-state index contributed by atoms with van der Waals surface area (Å²) in [6.45, 7) is 2.63. The molecule has 0 heterocycles. The third kappa shape index (κ3) is 5.99. The first kappa shape index (κ1) is 18.0. The molecule has 0 unspecified atom stereocenters. The lowest BCUT2D eigenvalue weighted by molar-refractivity contribution is -0.116. The molecule has 0 bridgehead atoms. The number of halogens is 2. The van der Waals surface area contributed by atoms with Gasteiger partial charge in [0, 0.05) is 16.6 Å². The van der Waals surface area contributed by atoms with Crippen LogP contribution in [0.25, 0.3) is 0 Å². The van der Waals surface area contributed by atoms with Gasteiger partial charge in [0.1, 0.15) is 5.75 Å². The van der Waals surface area contributed by atoms with Gasteiger partial charge in [-0.15, -0.1) is 0 Å². The molecule has 0 aliphatic heterocycles. The van der Waals surface area contributed by atoms with Crippen molar-refractivity contribution in [3.05, 3.63) is 57.0 Å². The predicted octanol–water partition coefficient (Wildman–Crippen LogP) is 5.57. The molecule has 0 aliphatic rings. The second-order valence-corrected chi connectivity index (χ2v) is 6.90. The van der Waals surface area contributed by atoms with E-state index >= 15 is 0 Å². The maximum absolute atomic E-state index is 11.9. The van der Waals surface area contributed by atoms with Crippen LogP contribution in [0.1, 0.15) is 25.3 Å². The first-order valence-corrected chi connectivity index (χ1v) is 9.13. The number of benzene rings is 2. The van der Waals surface area contributed by atoms with E-state index in [0.717, 1.165) is 26.8 Å².